The van der Waals surface area contributed by atoms with E-state index >= 15 is 4.39 Å². The number of rotatable bonds is 7. The first kappa shape index (κ1) is 26.4. The number of fused-ring (bicyclic) bond motifs is 1. The standard InChI is InChI=1S/C27H30FN7O4/c1-5-24(36)33-11-17(9-18(33)12-38-4)35-27(30-3)25(26(29)37)21(32-35)7-6-16-8-22-23(10-20(16)28)34(15(2)31-22)19-13-39-14-19/h5,8,10,17-19,30H,1,9,11-14H2,2-4H3,(H2,29,37)/t17-,18+/m0/s1. The zero-order valence-corrected chi connectivity index (χ0v) is 22.0. The van der Waals surface area contributed by atoms with Gasteiger partial charge in [-0.1, -0.05) is 12.5 Å². The fraction of sp³-hybridized carbons (Fsp3) is 0.407. The van der Waals surface area contributed by atoms with Gasteiger partial charge < -0.3 is 30.0 Å². The van der Waals surface area contributed by atoms with Gasteiger partial charge in [0.1, 0.15) is 23.0 Å². The predicted molar refractivity (Wildman–Crippen MR) is 142 cm³/mol. The monoisotopic (exact) mass is 535 g/mol. The summed E-state index contributed by atoms with van der Waals surface area (Å²) in [4.78, 5) is 31.1. The van der Waals surface area contributed by atoms with Gasteiger partial charge in [-0.3, -0.25) is 9.59 Å². The molecule has 2 aromatic heterocycles. The highest BCUT2D eigenvalue weighted by Crippen LogP contribution is 2.33. The van der Waals surface area contributed by atoms with Crippen LogP contribution in [0.2, 0.25) is 0 Å². The van der Waals surface area contributed by atoms with Crippen LogP contribution in [0.4, 0.5) is 10.2 Å². The number of methoxy groups -OCH3 is 1. The van der Waals surface area contributed by atoms with Crippen LogP contribution in [0.15, 0.2) is 24.8 Å². The van der Waals surface area contributed by atoms with Gasteiger partial charge in [0, 0.05) is 26.8 Å². The molecule has 0 radical (unpaired) electrons. The molecule has 1 aromatic carbocycles. The molecule has 0 saturated carbocycles. The Labute approximate surface area is 224 Å². The number of halogens is 1. The molecule has 12 heteroatoms. The van der Waals surface area contributed by atoms with Crippen molar-refractivity contribution in [2.24, 2.45) is 5.73 Å². The summed E-state index contributed by atoms with van der Waals surface area (Å²) in [5, 5.41) is 7.58. The fourth-order valence-corrected chi connectivity index (χ4v) is 5.36. The highest BCUT2D eigenvalue weighted by atomic mass is 19.1. The highest BCUT2D eigenvalue weighted by Gasteiger charge is 2.38. The fourth-order valence-electron chi connectivity index (χ4n) is 5.36. The molecule has 0 spiro atoms. The Bertz CT molecular complexity index is 1530. The Kier molecular flexibility index (Phi) is 7.12. The lowest BCUT2D eigenvalue weighted by Gasteiger charge is -2.28. The number of carbonyl (C=O) groups is 2. The molecule has 5 rings (SSSR count). The second-order valence-corrected chi connectivity index (χ2v) is 9.62. The van der Waals surface area contributed by atoms with Gasteiger partial charge >= 0.3 is 0 Å². The molecule has 0 aliphatic carbocycles. The topological polar surface area (TPSA) is 130 Å². The zero-order chi connectivity index (χ0) is 27.8. The number of carbonyl (C=O) groups excluding carboxylic acids is 2. The van der Waals surface area contributed by atoms with Crippen molar-refractivity contribution in [2.75, 3.05) is 45.8 Å². The van der Waals surface area contributed by atoms with Crippen molar-refractivity contribution in [1.82, 2.24) is 24.2 Å². The average molecular weight is 536 g/mol. The van der Waals surface area contributed by atoms with Gasteiger partial charge in [0.2, 0.25) is 5.91 Å². The molecule has 2 aliphatic heterocycles. The molecule has 2 fully saturated rings. The Morgan fingerprint density at radius 1 is 1.33 bits per heavy atom. The SMILES string of the molecule is C=CC(=O)N1C[C@@H](n2nc(C#Cc3cc4nc(C)n(C5COC5)c4cc3F)c(C(N)=O)c2NC)C[C@@H]1COC. The van der Waals surface area contributed by atoms with E-state index in [2.05, 4.69) is 33.8 Å². The van der Waals surface area contributed by atoms with Crippen LogP contribution in [0, 0.1) is 24.6 Å². The predicted octanol–water partition coefficient (Wildman–Crippen LogP) is 1.77. The average Bonchev–Trinajstić information content (AvgIpc) is 3.55. The number of aryl methyl sites for hydroxylation is 1. The Morgan fingerprint density at radius 2 is 2.10 bits per heavy atom. The molecule has 2 aliphatic rings. The summed E-state index contributed by atoms with van der Waals surface area (Å²) in [7, 11) is 3.21. The Hall–Kier alpha value is -4.21. The van der Waals surface area contributed by atoms with E-state index < -0.39 is 11.7 Å². The van der Waals surface area contributed by atoms with Gasteiger partial charge in [-0.25, -0.2) is 14.1 Å². The molecular weight excluding hydrogens is 505 g/mol. The lowest BCUT2D eigenvalue weighted by Crippen LogP contribution is -2.37. The van der Waals surface area contributed by atoms with Crippen molar-refractivity contribution in [3.63, 3.8) is 0 Å². The summed E-state index contributed by atoms with van der Waals surface area (Å²) in [5.41, 5.74) is 7.33. The second-order valence-electron chi connectivity index (χ2n) is 9.62. The molecule has 11 nitrogen and oxygen atoms in total. The molecule has 3 N–H and O–H groups in total. The van der Waals surface area contributed by atoms with Crippen LogP contribution in [-0.2, 0) is 14.3 Å². The largest absolute Gasteiger partial charge is 0.383 e. The summed E-state index contributed by atoms with van der Waals surface area (Å²) in [6.07, 6.45) is 1.79. The van der Waals surface area contributed by atoms with E-state index in [9.17, 15) is 9.59 Å². The third kappa shape index (κ3) is 4.64. The first-order valence-electron chi connectivity index (χ1n) is 12.6. The summed E-state index contributed by atoms with van der Waals surface area (Å²) < 4.78 is 29.3. The van der Waals surface area contributed by atoms with E-state index in [0.29, 0.717) is 49.6 Å². The van der Waals surface area contributed by atoms with Crippen molar-refractivity contribution in [3.8, 4) is 11.8 Å². The zero-order valence-electron chi connectivity index (χ0n) is 22.0. The number of nitrogens with zero attached hydrogens (tertiary/aromatic N) is 5. The third-order valence-electron chi connectivity index (χ3n) is 7.20. The summed E-state index contributed by atoms with van der Waals surface area (Å²) >= 11 is 0. The maximum atomic E-state index is 15.2. The molecule has 39 heavy (non-hydrogen) atoms. The van der Waals surface area contributed by atoms with Crippen LogP contribution < -0.4 is 11.1 Å². The van der Waals surface area contributed by atoms with Crippen LogP contribution in [-0.4, -0.2) is 82.6 Å². The minimum absolute atomic E-state index is 0.0911. The van der Waals surface area contributed by atoms with Crippen LogP contribution >= 0.6 is 0 Å². The minimum Gasteiger partial charge on any atom is -0.383 e. The van der Waals surface area contributed by atoms with Gasteiger partial charge in [-0.2, -0.15) is 5.10 Å². The molecule has 2 atom stereocenters. The first-order chi connectivity index (χ1) is 18.8. The van der Waals surface area contributed by atoms with Crippen LogP contribution in [0.25, 0.3) is 11.0 Å². The second kappa shape index (κ2) is 10.5. The van der Waals surface area contributed by atoms with Gasteiger partial charge in [-0.15, -0.1) is 0 Å². The van der Waals surface area contributed by atoms with E-state index in [1.807, 2.05) is 11.5 Å². The van der Waals surface area contributed by atoms with Gasteiger partial charge in [0.05, 0.1) is 54.5 Å². The smallest absolute Gasteiger partial charge is 0.255 e. The number of hydrogen-bond donors (Lipinski definition) is 2. The number of amides is 2. The number of likely N-dealkylation sites (tertiary alicyclic amines) is 1. The number of nitrogens with two attached hydrogens (primary N) is 1. The van der Waals surface area contributed by atoms with E-state index in [1.165, 1.54) is 12.1 Å². The van der Waals surface area contributed by atoms with Crippen LogP contribution in [0.3, 0.4) is 0 Å². The number of aromatic nitrogens is 4. The van der Waals surface area contributed by atoms with Gasteiger partial charge in [0.25, 0.3) is 5.91 Å². The number of nitrogens with one attached hydrogen (secondary N) is 1. The first-order valence-corrected chi connectivity index (χ1v) is 12.6. The quantitative estimate of drug-likeness (QED) is 0.348. The maximum absolute atomic E-state index is 15.2. The Morgan fingerprint density at radius 3 is 2.72 bits per heavy atom. The van der Waals surface area contributed by atoms with E-state index in [1.54, 1.807) is 29.8 Å². The number of benzene rings is 1. The summed E-state index contributed by atoms with van der Waals surface area (Å²) in [6.45, 7) is 7.26. The van der Waals surface area contributed by atoms with E-state index in [-0.39, 0.29) is 40.9 Å². The van der Waals surface area contributed by atoms with Crippen molar-refractivity contribution >= 4 is 28.7 Å². The molecule has 3 aromatic rings. The lowest BCUT2D eigenvalue weighted by atomic mass is 10.1. The third-order valence-corrected chi connectivity index (χ3v) is 7.20. The number of primary amides is 1. The minimum atomic E-state index is -0.728. The van der Waals surface area contributed by atoms with Crippen molar-refractivity contribution < 1.29 is 23.5 Å². The van der Waals surface area contributed by atoms with Crippen LogP contribution in [0.1, 0.15) is 45.9 Å². The van der Waals surface area contributed by atoms with E-state index in [0.717, 1.165) is 5.82 Å². The number of anilines is 1. The molecule has 0 unspecified atom stereocenters. The van der Waals surface area contributed by atoms with Crippen LogP contribution in [0.5, 0.6) is 0 Å². The maximum Gasteiger partial charge on any atom is 0.255 e. The molecule has 2 saturated heterocycles. The molecule has 2 amide bonds. The molecule has 204 valence electrons. The lowest BCUT2D eigenvalue weighted by molar-refractivity contribution is -0.127. The molecule has 0 bridgehead atoms. The highest BCUT2D eigenvalue weighted by molar-refractivity contribution is 6.00. The number of hydrogen-bond acceptors (Lipinski definition) is 7. The summed E-state index contributed by atoms with van der Waals surface area (Å²) in [6, 6.07) is 2.67. The molecule has 4 heterocycles. The van der Waals surface area contributed by atoms with Gasteiger partial charge in [0.15, 0.2) is 5.69 Å². The Balaban J connectivity index is 1.52. The normalized spacial score (nSPS) is 19.0. The molecular formula is C27H30FN7O4. The van der Waals surface area contributed by atoms with Crippen molar-refractivity contribution in [2.45, 2.75) is 31.5 Å². The number of imidazole rings is 1. The summed E-state index contributed by atoms with van der Waals surface area (Å²) in [5.74, 6) is 5.33. The number of ether oxygens (including phenoxy) is 2. The van der Waals surface area contributed by atoms with Crippen molar-refractivity contribution in [1.29, 1.82) is 0 Å². The van der Waals surface area contributed by atoms with Gasteiger partial charge in [-0.05, 0) is 31.4 Å². The van der Waals surface area contributed by atoms with Crippen molar-refractivity contribution in [3.05, 3.63) is 53.3 Å². The van der Waals surface area contributed by atoms with E-state index in [4.69, 9.17) is 15.2 Å².